The number of aromatic nitrogens is 3. The van der Waals surface area contributed by atoms with E-state index < -0.39 is 0 Å². The Morgan fingerprint density at radius 2 is 2.10 bits per heavy atom. The normalized spacial score (nSPS) is 11.3. The molecule has 0 amide bonds. The molecule has 3 rings (SSSR count). The second-order valence-electron chi connectivity index (χ2n) is 4.77. The smallest absolute Gasteiger partial charge is 0.150 e. The van der Waals surface area contributed by atoms with Crippen LogP contribution in [0.2, 0.25) is 0 Å². The third-order valence-electron chi connectivity index (χ3n) is 3.47. The van der Waals surface area contributed by atoms with E-state index in [2.05, 4.69) is 39.8 Å². The number of fused-ring (bicyclic) bond motifs is 3. The van der Waals surface area contributed by atoms with Crippen LogP contribution in [0.15, 0.2) is 24.7 Å². The molecule has 20 heavy (non-hydrogen) atoms. The summed E-state index contributed by atoms with van der Waals surface area (Å²) in [7, 11) is 0. The molecule has 0 unspecified atom stereocenters. The lowest BCUT2D eigenvalue weighted by Crippen LogP contribution is -2.24. The molecule has 0 spiro atoms. The minimum atomic E-state index is 0.966. The van der Waals surface area contributed by atoms with Gasteiger partial charge in [0, 0.05) is 24.7 Å². The lowest BCUT2D eigenvalue weighted by molar-refractivity contribution is 0.726. The monoisotopic (exact) mass is 286 g/mol. The highest BCUT2D eigenvalue weighted by Crippen LogP contribution is 2.35. The molecule has 0 atom stereocenters. The molecule has 0 saturated heterocycles. The van der Waals surface area contributed by atoms with Crippen molar-refractivity contribution >= 4 is 37.6 Å². The van der Waals surface area contributed by atoms with E-state index in [0.717, 1.165) is 39.3 Å². The average molecular weight is 286 g/mol. The zero-order valence-electron chi connectivity index (χ0n) is 11.8. The Hall–Kier alpha value is -1.75. The van der Waals surface area contributed by atoms with Gasteiger partial charge in [-0.1, -0.05) is 13.3 Å². The molecule has 5 heteroatoms. The first-order valence-corrected chi connectivity index (χ1v) is 7.90. The maximum Gasteiger partial charge on any atom is 0.150 e. The van der Waals surface area contributed by atoms with Gasteiger partial charge in [-0.2, -0.15) is 0 Å². The zero-order chi connectivity index (χ0) is 13.9. The van der Waals surface area contributed by atoms with Crippen molar-refractivity contribution in [3.8, 4) is 0 Å². The van der Waals surface area contributed by atoms with Crippen molar-refractivity contribution in [2.24, 2.45) is 0 Å². The molecule has 0 aliphatic rings. The average Bonchev–Trinajstić information content (AvgIpc) is 2.87. The van der Waals surface area contributed by atoms with Gasteiger partial charge in [0.15, 0.2) is 0 Å². The molecule has 0 radical (unpaired) electrons. The lowest BCUT2D eigenvalue weighted by atomic mass is 10.2. The number of pyridine rings is 1. The van der Waals surface area contributed by atoms with Gasteiger partial charge >= 0.3 is 0 Å². The van der Waals surface area contributed by atoms with Crippen LogP contribution in [0.5, 0.6) is 0 Å². The van der Waals surface area contributed by atoms with Crippen molar-refractivity contribution in [1.29, 1.82) is 0 Å². The third-order valence-corrected chi connectivity index (χ3v) is 4.57. The number of unbranched alkanes of at least 4 members (excludes halogenated alkanes) is 1. The van der Waals surface area contributed by atoms with Crippen molar-refractivity contribution in [3.63, 3.8) is 0 Å². The van der Waals surface area contributed by atoms with Crippen LogP contribution in [0.4, 0.5) is 5.82 Å². The van der Waals surface area contributed by atoms with Gasteiger partial charge in [-0.15, -0.1) is 11.3 Å². The predicted octanol–water partition coefficient (Wildman–Crippen LogP) is 3.87. The molecule has 0 saturated carbocycles. The molecule has 0 N–H and O–H groups in total. The molecule has 104 valence electrons. The van der Waals surface area contributed by atoms with Crippen LogP contribution in [-0.2, 0) is 0 Å². The van der Waals surface area contributed by atoms with Crippen molar-refractivity contribution in [2.45, 2.75) is 26.7 Å². The molecule has 3 heterocycles. The highest BCUT2D eigenvalue weighted by molar-refractivity contribution is 7.25. The maximum absolute atomic E-state index is 4.52. The fraction of sp³-hybridized carbons (Fsp3) is 0.400. The Labute approximate surface area is 122 Å². The fourth-order valence-electron chi connectivity index (χ4n) is 2.39. The summed E-state index contributed by atoms with van der Waals surface area (Å²) < 4.78 is 1.15. The summed E-state index contributed by atoms with van der Waals surface area (Å²) in [5, 5.41) is 1.13. The van der Waals surface area contributed by atoms with Gasteiger partial charge in [-0.25, -0.2) is 15.0 Å². The fourth-order valence-corrected chi connectivity index (χ4v) is 3.50. The standard InChI is InChI=1S/C15H18N4S/c1-3-5-9-19(4-2)14-13-12(17-10-18-14)11-7-6-8-16-15(11)20-13/h6-8,10H,3-5,9H2,1-2H3. The first kappa shape index (κ1) is 13.2. The number of thiophene rings is 1. The molecule has 0 aliphatic heterocycles. The van der Waals surface area contributed by atoms with Crippen LogP contribution in [0, 0.1) is 0 Å². The lowest BCUT2D eigenvalue weighted by Gasteiger charge is -2.21. The molecule has 0 aromatic carbocycles. The third kappa shape index (κ3) is 2.22. The summed E-state index contributed by atoms with van der Waals surface area (Å²) in [5.41, 5.74) is 1.03. The molecule has 0 fully saturated rings. The summed E-state index contributed by atoms with van der Waals surface area (Å²) in [6.45, 7) is 6.40. The largest absolute Gasteiger partial charge is 0.356 e. The number of nitrogens with zero attached hydrogens (tertiary/aromatic N) is 4. The van der Waals surface area contributed by atoms with Gasteiger partial charge in [0.25, 0.3) is 0 Å². The summed E-state index contributed by atoms with van der Waals surface area (Å²) >= 11 is 1.69. The zero-order valence-corrected chi connectivity index (χ0v) is 12.7. The Bertz CT molecular complexity index is 722. The van der Waals surface area contributed by atoms with Crippen LogP contribution in [-0.4, -0.2) is 28.0 Å². The van der Waals surface area contributed by atoms with E-state index >= 15 is 0 Å². The Morgan fingerprint density at radius 1 is 1.20 bits per heavy atom. The second kappa shape index (κ2) is 5.71. The van der Waals surface area contributed by atoms with Crippen molar-refractivity contribution in [2.75, 3.05) is 18.0 Å². The van der Waals surface area contributed by atoms with Gasteiger partial charge in [-0.3, -0.25) is 0 Å². The molecular formula is C15H18N4S. The number of hydrogen-bond donors (Lipinski definition) is 0. The quantitative estimate of drug-likeness (QED) is 0.714. The van der Waals surface area contributed by atoms with Crippen LogP contribution in [0.1, 0.15) is 26.7 Å². The topological polar surface area (TPSA) is 41.9 Å². The van der Waals surface area contributed by atoms with Crippen molar-refractivity contribution in [1.82, 2.24) is 15.0 Å². The molecule has 3 aromatic rings. The van der Waals surface area contributed by atoms with E-state index in [1.807, 2.05) is 12.3 Å². The Balaban J connectivity index is 2.15. The van der Waals surface area contributed by atoms with Gasteiger partial charge in [0.05, 0.1) is 10.2 Å². The van der Waals surface area contributed by atoms with E-state index in [9.17, 15) is 0 Å². The number of anilines is 1. The minimum absolute atomic E-state index is 0.966. The van der Waals surface area contributed by atoms with E-state index in [0.29, 0.717) is 0 Å². The molecular weight excluding hydrogens is 268 g/mol. The van der Waals surface area contributed by atoms with Gasteiger partial charge < -0.3 is 4.90 Å². The van der Waals surface area contributed by atoms with Crippen LogP contribution < -0.4 is 4.90 Å². The van der Waals surface area contributed by atoms with E-state index in [4.69, 9.17) is 0 Å². The van der Waals surface area contributed by atoms with Crippen LogP contribution >= 0.6 is 11.3 Å². The molecule has 0 bridgehead atoms. The Morgan fingerprint density at radius 3 is 2.90 bits per heavy atom. The first-order valence-electron chi connectivity index (χ1n) is 7.08. The van der Waals surface area contributed by atoms with E-state index in [-0.39, 0.29) is 0 Å². The summed E-state index contributed by atoms with van der Waals surface area (Å²) in [4.78, 5) is 16.8. The molecule has 3 aromatic heterocycles. The van der Waals surface area contributed by atoms with E-state index in [1.54, 1.807) is 17.7 Å². The number of rotatable bonds is 5. The molecule has 0 aliphatic carbocycles. The van der Waals surface area contributed by atoms with Crippen molar-refractivity contribution in [3.05, 3.63) is 24.7 Å². The highest BCUT2D eigenvalue weighted by Gasteiger charge is 2.15. The van der Waals surface area contributed by atoms with E-state index in [1.165, 1.54) is 12.8 Å². The highest BCUT2D eigenvalue weighted by atomic mass is 32.1. The second-order valence-corrected chi connectivity index (χ2v) is 5.77. The predicted molar refractivity (Wildman–Crippen MR) is 85.5 cm³/mol. The van der Waals surface area contributed by atoms with Gasteiger partial charge in [-0.05, 0) is 25.5 Å². The van der Waals surface area contributed by atoms with Crippen LogP contribution in [0.25, 0.3) is 20.4 Å². The number of hydrogen-bond acceptors (Lipinski definition) is 5. The SMILES string of the molecule is CCCCN(CC)c1ncnc2c1sc1ncccc12. The molecule has 4 nitrogen and oxygen atoms in total. The van der Waals surface area contributed by atoms with Crippen LogP contribution in [0.3, 0.4) is 0 Å². The summed E-state index contributed by atoms with van der Waals surface area (Å²) in [5.74, 6) is 1.05. The maximum atomic E-state index is 4.52. The van der Waals surface area contributed by atoms with Crippen molar-refractivity contribution < 1.29 is 0 Å². The van der Waals surface area contributed by atoms with Gasteiger partial charge in [0.1, 0.15) is 17.0 Å². The summed E-state index contributed by atoms with van der Waals surface area (Å²) in [6, 6.07) is 4.05. The van der Waals surface area contributed by atoms with Gasteiger partial charge in [0.2, 0.25) is 0 Å². The summed E-state index contributed by atoms with van der Waals surface area (Å²) in [6.07, 6.45) is 5.88. The first-order chi connectivity index (χ1) is 9.85. The Kier molecular flexibility index (Phi) is 3.78. The minimum Gasteiger partial charge on any atom is -0.356 e.